The van der Waals surface area contributed by atoms with Crippen molar-refractivity contribution in [2.75, 3.05) is 20.1 Å². The fraction of sp³-hybridized carbons (Fsp3) is 0.316. The van der Waals surface area contributed by atoms with Gasteiger partial charge in [0.1, 0.15) is 16.9 Å². The summed E-state index contributed by atoms with van der Waals surface area (Å²) >= 11 is 1.12. The van der Waals surface area contributed by atoms with Crippen LogP contribution in [-0.2, 0) is 4.79 Å². The van der Waals surface area contributed by atoms with Gasteiger partial charge in [-0.1, -0.05) is 30.3 Å². The molecule has 0 saturated carbocycles. The van der Waals surface area contributed by atoms with Gasteiger partial charge in [0.2, 0.25) is 5.91 Å². The Kier molecular flexibility index (Phi) is 5.71. The smallest absolute Gasteiger partial charge is 0.240 e. The van der Waals surface area contributed by atoms with E-state index < -0.39 is 16.9 Å². The van der Waals surface area contributed by atoms with Gasteiger partial charge in [-0.25, -0.2) is 8.78 Å². The highest BCUT2D eigenvalue weighted by Gasteiger charge is 2.31. The molecule has 1 saturated heterocycles. The van der Waals surface area contributed by atoms with Crippen LogP contribution in [0.2, 0.25) is 0 Å². The summed E-state index contributed by atoms with van der Waals surface area (Å²) in [4.78, 5) is 15.1. The number of benzene rings is 2. The average Bonchev–Trinajstić information content (AvgIpc) is 3.15. The van der Waals surface area contributed by atoms with E-state index in [2.05, 4.69) is 5.32 Å². The zero-order chi connectivity index (χ0) is 17.8. The first kappa shape index (κ1) is 17.9. The maximum atomic E-state index is 14.1. The van der Waals surface area contributed by atoms with Crippen LogP contribution in [-0.4, -0.2) is 37.0 Å². The van der Waals surface area contributed by atoms with Crippen LogP contribution in [0.5, 0.6) is 0 Å². The molecule has 1 amide bonds. The van der Waals surface area contributed by atoms with Crippen molar-refractivity contribution in [2.45, 2.75) is 22.6 Å². The van der Waals surface area contributed by atoms with Gasteiger partial charge in [-0.3, -0.25) is 4.79 Å². The van der Waals surface area contributed by atoms with Gasteiger partial charge in [-0.15, -0.1) is 11.8 Å². The number of amides is 1. The third-order valence-electron chi connectivity index (χ3n) is 4.40. The Morgan fingerprint density at radius 1 is 1.24 bits per heavy atom. The van der Waals surface area contributed by atoms with E-state index in [4.69, 9.17) is 0 Å². The number of rotatable bonds is 5. The number of hydrogen-bond acceptors (Lipinski definition) is 3. The number of halogens is 2. The Morgan fingerprint density at radius 2 is 2.00 bits per heavy atom. The first-order chi connectivity index (χ1) is 12.1. The fourth-order valence-electron chi connectivity index (χ4n) is 2.92. The Labute approximate surface area is 150 Å². The van der Waals surface area contributed by atoms with Crippen LogP contribution in [0.4, 0.5) is 8.78 Å². The van der Waals surface area contributed by atoms with Crippen molar-refractivity contribution in [2.24, 2.45) is 0 Å². The van der Waals surface area contributed by atoms with Gasteiger partial charge in [0.05, 0.1) is 0 Å². The Bertz CT molecular complexity index is 735. The second-order valence-electron chi connectivity index (χ2n) is 6.08. The number of likely N-dealkylation sites (N-methyl/N-ethyl adjacent to an activating group) is 1. The Balaban J connectivity index is 1.88. The van der Waals surface area contributed by atoms with Crippen LogP contribution in [0.15, 0.2) is 53.4 Å². The van der Waals surface area contributed by atoms with E-state index in [1.807, 2.05) is 30.3 Å². The summed E-state index contributed by atoms with van der Waals surface area (Å²) in [5.74, 6) is -1.35. The Hall–Kier alpha value is -1.92. The van der Waals surface area contributed by atoms with Crippen molar-refractivity contribution in [3.63, 3.8) is 0 Å². The fourth-order valence-corrected chi connectivity index (χ4v) is 4.05. The molecule has 0 aliphatic carbocycles. The van der Waals surface area contributed by atoms with E-state index in [9.17, 15) is 13.6 Å². The summed E-state index contributed by atoms with van der Waals surface area (Å²) in [5, 5.41) is 2.67. The summed E-state index contributed by atoms with van der Waals surface area (Å²) in [6.45, 7) is 1.65. The van der Waals surface area contributed by atoms with Crippen LogP contribution in [0, 0.1) is 11.6 Å². The third kappa shape index (κ3) is 4.19. The van der Waals surface area contributed by atoms with Crippen LogP contribution in [0.25, 0.3) is 0 Å². The second kappa shape index (κ2) is 7.97. The molecule has 1 fully saturated rings. The lowest BCUT2D eigenvalue weighted by Crippen LogP contribution is -2.40. The van der Waals surface area contributed by atoms with Gasteiger partial charge < -0.3 is 10.2 Å². The highest BCUT2D eigenvalue weighted by Crippen LogP contribution is 2.38. The standard InChI is InChI=1S/C19H20F2N2OS/c1-23(15-9-10-22-12-15)19(24)18(13-5-3-2-4-6-13)25-17-8-7-14(20)11-16(17)21/h2-8,11,15,18,22H,9-10,12H2,1H3. The summed E-state index contributed by atoms with van der Waals surface area (Å²) < 4.78 is 27.3. The summed E-state index contributed by atoms with van der Waals surface area (Å²) in [6, 6.07) is 12.9. The van der Waals surface area contributed by atoms with E-state index in [1.165, 1.54) is 12.1 Å². The molecule has 1 heterocycles. The number of thioether (sulfide) groups is 1. The minimum Gasteiger partial charge on any atom is -0.340 e. The lowest BCUT2D eigenvalue weighted by atomic mass is 10.1. The molecule has 3 nitrogen and oxygen atoms in total. The van der Waals surface area contributed by atoms with Crippen molar-refractivity contribution in [3.8, 4) is 0 Å². The Morgan fingerprint density at radius 3 is 2.64 bits per heavy atom. The predicted molar refractivity (Wildman–Crippen MR) is 95.4 cm³/mol. The molecule has 2 aromatic rings. The van der Waals surface area contributed by atoms with Gasteiger partial charge in [0.25, 0.3) is 0 Å². The van der Waals surface area contributed by atoms with Gasteiger partial charge >= 0.3 is 0 Å². The molecule has 25 heavy (non-hydrogen) atoms. The maximum Gasteiger partial charge on any atom is 0.240 e. The number of hydrogen-bond donors (Lipinski definition) is 1. The van der Waals surface area contributed by atoms with E-state index in [0.29, 0.717) is 0 Å². The number of nitrogens with zero attached hydrogens (tertiary/aromatic N) is 1. The van der Waals surface area contributed by atoms with Crippen molar-refractivity contribution in [1.82, 2.24) is 10.2 Å². The van der Waals surface area contributed by atoms with E-state index in [1.54, 1.807) is 11.9 Å². The maximum absolute atomic E-state index is 14.1. The first-order valence-corrected chi connectivity index (χ1v) is 9.08. The monoisotopic (exact) mass is 362 g/mol. The quantitative estimate of drug-likeness (QED) is 0.825. The van der Waals surface area contributed by atoms with Crippen LogP contribution >= 0.6 is 11.8 Å². The summed E-state index contributed by atoms with van der Waals surface area (Å²) in [5.41, 5.74) is 0.805. The molecular weight excluding hydrogens is 342 g/mol. The largest absolute Gasteiger partial charge is 0.340 e. The van der Waals surface area contributed by atoms with E-state index in [-0.39, 0.29) is 16.8 Å². The van der Waals surface area contributed by atoms with Crippen molar-refractivity contribution >= 4 is 17.7 Å². The van der Waals surface area contributed by atoms with Gasteiger partial charge in [0, 0.05) is 30.6 Å². The minimum absolute atomic E-state index is 0.0753. The summed E-state index contributed by atoms with van der Waals surface area (Å²) in [6.07, 6.45) is 0.902. The molecule has 0 aromatic heterocycles. The van der Waals surface area contributed by atoms with E-state index in [0.717, 1.165) is 42.9 Å². The SMILES string of the molecule is CN(C(=O)C(Sc1ccc(F)cc1F)c1ccccc1)C1CCNC1. The van der Waals surface area contributed by atoms with Crippen molar-refractivity contribution in [3.05, 3.63) is 65.7 Å². The summed E-state index contributed by atoms with van der Waals surface area (Å²) in [7, 11) is 1.79. The first-order valence-electron chi connectivity index (χ1n) is 8.20. The van der Waals surface area contributed by atoms with Crippen LogP contribution in [0.1, 0.15) is 17.2 Å². The lowest BCUT2D eigenvalue weighted by molar-refractivity contribution is -0.131. The highest BCUT2D eigenvalue weighted by atomic mass is 32.2. The molecule has 1 N–H and O–H groups in total. The molecule has 2 aromatic carbocycles. The number of carbonyl (C=O) groups excluding carboxylic acids is 1. The van der Waals surface area contributed by atoms with Crippen molar-refractivity contribution in [1.29, 1.82) is 0 Å². The second-order valence-corrected chi connectivity index (χ2v) is 7.23. The third-order valence-corrected chi connectivity index (χ3v) is 5.69. The van der Waals surface area contributed by atoms with Gasteiger partial charge in [-0.05, 0) is 30.7 Å². The van der Waals surface area contributed by atoms with Crippen molar-refractivity contribution < 1.29 is 13.6 Å². The van der Waals surface area contributed by atoms with Gasteiger partial charge in [-0.2, -0.15) is 0 Å². The molecule has 2 atom stereocenters. The molecule has 0 spiro atoms. The normalized spacial score (nSPS) is 18.1. The van der Waals surface area contributed by atoms with Crippen LogP contribution < -0.4 is 5.32 Å². The molecule has 0 radical (unpaired) electrons. The molecule has 0 bridgehead atoms. The average molecular weight is 362 g/mol. The van der Waals surface area contributed by atoms with Gasteiger partial charge in [0.15, 0.2) is 0 Å². The van der Waals surface area contributed by atoms with E-state index >= 15 is 0 Å². The predicted octanol–water partition coefficient (Wildman–Crippen LogP) is 3.62. The zero-order valence-electron chi connectivity index (χ0n) is 13.9. The van der Waals surface area contributed by atoms with Crippen LogP contribution in [0.3, 0.4) is 0 Å². The molecule has 3 rings (SSSR count). The number of nitrogens with one attached hydrogen (secondary N) is 1. The highest BCUT2D eigenvalue weighted by molar-refractivity contribution is 8.00. The molecule has 6 heteroatoms. The molecule has 1 aliphatic heterocycles. The molecule has 132 valence electrons. The minimum atomic E-state index is -0.649. The lowest BCUT2D eigenvalue weighted by Gasteiger charge is -2.28. The topological polar surface area (TPSA) is 32.3 Å². The number of carbonyl (C=O) groups is 1. The molecular formula is C19H20F2N2OS. The molecule has 1 aliphatic rings. The molecule has 2 unspecified atom stereocenters. The zero-order valence-corrected chi connectivity index (χ0v) is 14.7.